The van der Waals surface area contributed by atoms with Gasteiger partial charge in [-0.25, -0.2) is 18.5 Å². The van der Waals surface area contributed by atoms with Gasteiger partial charge in [0.1, 0.15) is 10.7 Å². The summed E-state index contributed by atoms with van der Waals surface area (Å²) < 4.78 is 23.1. The van der Waals surface area contributed by atoms with Gasteiger partial charge >= 0.3 is 0 Å². The van der Waals surface area contributed by atoms with E-state index >= 15 is 0 Å². The van der Waals surface area contributed by atoms with Crippen molar-refractivity contribution in [2.24, 2.45) is 5.14 Å². The van der Waals surface area contributed by atoms with Gasteiger partial charge in [-0.3, -0.25) is 0 Å². The van der Waals surface area contributed by atoms with Crippen LogP contribution in [0, 0.1) is 0 Å². The lowest BCUT2D eigenvalue weighted by atomic mass is 10.1. The summed E-state index contributed by atoms with van der Waals surface area (Å²) >= 11 is 3.35. The first-order valence-electron chi connectivity index (χ1n) is 5.47. The fraction of sp³-hybridized carbons (Fsp3) is 0.364. The van der Waals surface area contributed by atoms with Crippen LogP contribution in [0.1, 0.15) is 13.3 Å². The minimum atomic E-state index is -3.71. The summed E-state index contributed by atoms with van der Waals surface area (Å²) in [6, 6.07) is 1.49. The summed E-state index contributed by atoms with van der Waals surface area (Å²) in [6.45, 7) is 3.75. The van der Waals surface area contributed by atoms with Crippen molar-refractivity contribution in [1.29, 1.82) is 0 Å². The number of hydrogen-bond donors (Lipinski definition) is 1. The average Bonchev–Trinajstić information content (AvgIpc) is 2.27. The van der Waals surface area contributed by atoms with Gasteiger partial charge in [0, 0.05) is 19.3 Å². The number of sulfonamides is 1. The Morgan fingerprint density at radius 2 is 2.22 bits per heavy atom. The molecule has 1 aliphatic heterocycles. The van der Waals surface area contributed by atoms with E-state index < -0.39 is 10.0 Å². The van der Waals surface area contributed by atoms with Crippen molar-refractivity contribution in [2.75, 3.05) is 18.0 Å². The van der Waals surface area contributed by atoms with Crippen LogP contribution in [0.25, 0.3) is 0 Å². The van der Waals surface area contributed by atoms with Crippen molar-refractivity contribution in [2.45, 2.75) is 18.2 Å². The molecule has 1 aromatic heterocycles. The zero-order chi connectivity index (χ0) is 13.3. The Morgan fingerprint density at radius 3 is 2.78 bits per heavy atom. The van der Waals surface area contributed by atoms with Crippen molar-refractivity contribution >= 4 is 31.8 Å². The van der Waals surface area contributed by atoms with Gasteiger partial charge in [-0.2, -0.15) is 0 Å². The molecule has 0 saturated carbocycles. The first-order valence-corrected chi connectivity index (χ1v) is 7.81. The molecule has 2 N–H and O–H groups in total. The summed E-state index contributed by atoms with van der Waals surface area (Å²) in [5.74, 6) is 0.745. The fourth-order valence-corrected chi connectivity index (χ4v) is 3.13. The Morgan fingerprint density at radius 1 is 1.50 bits per heavy atom. The SMILES string of the molecule is CC1=CCCN(c2ncc(S(N)(=O)=O)cc2Br)C1. The topological polar surface area (TPSA) is 76.3 Å². The monoisotopic (exact) mass is 331 g/mol. The second kappa shape index (κ2) is 4.99. The van der Waals surface area contributed by atoms with Crippen molar-refractivity contribution < 1.29 is 8.42 Å². The maximum atomic E-state index is 11.2. The third kappa shape index (κ3) is 2.90. The summed E-state index contributed by atoms with van der Waals surface area (Å²) in [7, 11) is -3.71. The van der Waals surface area contributed by atoms with Gasteiger partial charge in [0.15, 0.2) is 0 Å². The number of rotatable bonds is 2. The Bertz CT molecular complexity index is 598. The minimum absolute atomic E-state index is 0.0161. The van der Waals surface area contributed by atoms with Crippen LogP contribution in [0.2, 0.25) is 0 Å². The molecule has 7 heteroatoms. The molecular weight excluding hydrogens is 318 g/mol. The standard InChI is InChI=1S/C11H14BrN3O2S/c1-8-3-2-4-15(7-8)11-10(12)5-9(6-14-11)18(13,16)17/h3,5-6H,2,4,7H2,1H3,(H2,13,16,17). The number of nitrogens with two attached hydrogens (primary N) is 1. The highest BCUT2D eigenvalue weighted by Crippen LogP contribution is 2.28. The van der Waals surface area contributed by atoms with Crippen LogP contribution in [-0.4, -0.2) is 26.5 Å². The third-order valence-corrected chi connectivity index (χ3v) is 4.22. The summed E-state index contributed by atoms with van der Waals surface area (Å²) in [4.78, 5) is 6.32. The highest BCUT2D eigenvalue weighted by Gasteiger charge is 2.17. The lowest BCUT2D eigenvalue weighted by Crippen LogP contribution is -2.30. The van der Waals surface area contributed by atoms with Gasteiger partial charge in [-0.05, 0) is 35.3 Å². The van der Waals surface area contributed by atoms with E-state index in [0.29, 0.717) is 4.47 Å². The van der Waals surface area contributed by atoms with Gasteiger partial charge in [0.05, 0.1) is 4.47 Å². The first-order chi connectivity index (χ1) is 8.38. The van der Waals surface area contributed by atoms with E-state index in [0.717, 1.165) is 25.3 Å². The quantitative estimate of drug-likeness (QED) is 0.836. The Balaban J connectivity index is 2.34. The molecule has 2 heterocycles. The molecule has 98 valence electrons. The number of aromatic nitrogens is 1. The summed E-state index contributed by atoms with van der Waals surface area (Å²) in [5, 5.41) is 5.06. The van der Waals surface area contributed by atoms with Gasteiger partial charge in [0.25, 0.3) is 0 Å². The fourth-order valence-electron chi connectivity index (χ4n) is 1.89. The zero-order valence-electron chi connectivity index (χ0n) is 9.93. The number of hydrogen-bond acceptors (Lipinski definition) is 4. The maximum Gasteiger partial charge on any atom is 0.239 e. The highest BCUT2D eigenvalue weighted by molar-refractivity contribution is 9.10. The minimum Gasteiger partial charge on any atom is -0.351 e. The molecule has 0 radical (unpaired) electrons. The number of nitrogens with zero attached hydrogens (tertiary/aromatic N) is 2. The molecule has 2 rings (SSSR count). The molecule has 0 unspecified atom stereocenters. The molecule has 5 nitrogen and oxygen atoms in total. The molecule has 0 aromatic carbocycles. The molecule has 0 saturated heterocycles. The van der Waals surface area contributed by atoms with E-state index in [1.807, 2.05) is 0 Å². The van der Waals surface area contributed by atoms with E-state index in [2.05, 4.69) is 38.8 Å². The lowest BCUT2D eigenvalue weighted by molar-refractivity contribution is 0.597. The van der Waals surface area contributed by atoms with Crippen LogP contribution < -0.4 is 10.0 Å². The van der Waals surface area contributed by atoms with Crippen molar-refractivity contribution in [3.8, 4) is 0 Å². The average molecular weight is 332 g/mol. The van der Waals surface area contributed by atoms with Gasteiger partial charge in [0.2, 0.25) is 10.0 Å². The van der Waals surface area contributed by atoms with Crippen molar-refractivity contribution in [1.82, 2.24) is 4.98 Å². The van der Waals surface area contributed by atoms with E-state index in [1.165, 1.54) is 17.8 Å². The Kier molecular flexibility index (Phi) is 3.74. The second-order valence-electron chi connectivity index (χ2n) is 4.28. The molecule has 1 aromatic rings. The third-order valence-electron chi connectivity index (χ3n) is 2.76. The smallest absolute Gasteiger partial charge is 0.239 e. The number of pyridine rings is 1. The zero-order valence-corrected chi connectivity index (χ0v) is 12.3. The van der Waals surface area contributed by atoms with Crippen molar-refractivity contribution in [3.63, 3.8) is 0 Å². The Hall–Kier alpha value is -0.920. The molecule has 18 heavy (non-hydrogen) atoms. The molecule has 0 bridgehead atoms. The van der Waals surface area contributed by atoms with E-state index in [4.69, 9.17) is 5.14 Å². The second-order valence-corrected chi connectivity index (χ2v) is 6.70. The molecule has 0 amide bonds. The number of anilines is 1. The van der Waals surface area contributed by atoms with Crippen LogP contribution in [0.5, 0.6) is 0 Å². The van der Waals surface area contributed by atoms with Gasteiger partial charge in [-0.15, -0.1) is 0 Å². The molecule has 0 atom stereocenters. The van der Waals surface area contributed by atoms with Crippen LogP contribution in [0.3, 0.4) is 0 Å². The highest BCUT2D eigenvalue weighted by atomic mass is 79.9. The predicted octanol–water partition coefficient (Wildman–Crippen LogP) is 1.65. The van der Waals surface area contributed by atoms with E-state index in [9.17, 15) is 8.42 Å². The predicted molar refractivity (Wildman–Crippen MR) is 73.9 cm³/mol. The molecule has 1 aliphatic rings. The molecule has 0 fully saturated rings. The van der Waals surface area contributed by atoms with Crippen LogP contribution in [0.15, 0.2) is 33.3 Å². The van der Waals surface area contributed by atoms with Crippen LogP contribution in [-0.2, 0) is 10.0 Å². The molecular formula is C11H14BrN3O2S. The van der Waals surface area contributed by atoms with Crippen LogP contribution >= 0.6 is 15.9 Å². The Labute approximate surface area is 115 Å². The van der Waals surface area contributed by atoms with E-state index in [-0.39, 0.29) is 4.90 Å². The lowest BCUT2D eigenvalue weighted by Gasteiger charge is -2.28. The summed E-state index contributed by atoms with van der Waals surface area (Å²) in [5.41, 5.74) is 1.28. The number of halogens is 1. The number of primary sulfonamides is 1. The van der Waals surface area contributed by atoms with Gasteiger partial charge in [-0.1, -0.05) is 11.6 Å². The molecule has 0 spiro atoms. The maximum absolute atomic E-state index is 11.2. The molecule has 0 aliphatic carbocycles. The van der Waals surface area contributed by atoms with Crippen LogP contribution in [0.4, 0.5) is 5.82 Å². The largest absolute Gasteiger partial charge is 0.351 e. The first kappa shape index (κ1) is 13.5. The van der Waals surface area contributed by atoms with E-state index in [1.54, 1.807) is 0 Å². The normalized spacial score (nSPS) is 16.6. The summed E-state index contributed by atoms with van der Waals surface area (Å²) in [6.07, 6.45) is 4.46. The van der Waals surface area contributed by atoms with Gasteiger partial charge < -0.3 is 4.90 Å². The van der Waals surface area contributed by atoms with Crippen molar-refractivity contribution in [3.05, 3.63) is 28.4 Å².